The Morgan fingerprint density at radius 2 is 1.86 bits per heavy atom. The minimum atomic E-state index is -4.77. The van der Waals surface area contributed by atoms with E-state index in [2.05, 4.69) is 26.5 Å². The molecule has 43 heavy (non-hydrogen) atoms. The van der Waals surface area contributed by atoms with Crippen molar-refractivity contribution in [1.29, 1.82) is 5.26 Å². The van der Waals surface area contributed by atoms with Gasteiger partial charge in [0.15, 0.2) is 5.71 Å². The quantitative estimate of drug-likeness (QED) is 0.136. The van der Waals surface area contributed by atoms with Gasteiger partial charge in [-0.3, -0.25) is 10.3 Å². The van der Waals surface area contributed by atoms with Crippen LogP contribution in [0, 0.1) is 11.3 Å². The molecule has 0 bridgehead atoms. The SMILES string of the molecule is CCn1cc(/C(=N/Nc2nc(-c3ccc(Cl)cc3)c(C#N)s2)C(F)(F)F)c2cc(-c3nc(CN4CCCC4)cs3)ccc21. The number of fused-ring (bicyclic) bond motifs is 1. The van der Waals surface area contributed by atoms with Crippen molar-refractivity contribution in [1.82, 2.24) is 19.4 Å². The summed E-state index contributed by atoms with van der Waals surface area (Å²) in [5.74, 6) is 0. The fourth-order valence-electron chi connectivity index (χ4n) is 5.19. The number of rotatable bonds is 8. The van der Waals surface area contributed by atoms with E-state index in [1.54, 1.807) is 34.9 Å². The van der Waals surface area contributed by atoms with Crippen LogP contribution in [-0.2, 0) is 13.1 Å². The van der Waals surface area contributed by atoms with Gasteiger partial charge in [0.2, 0.25) is 5.13 Å². The van der Waals surface area contributed by atoms with Gasteiger partial charge in [-0.05, 0) is 63.2 Å². The van der Waals surface area contributed by atoms with Crippen molar-refractivity contribution in [3.63, 3.8) is 0 Å². The van der Waals surface area contributed by atoms with Crippen molar-refractivity contribution in [2.24, 2.45) is 5.10 Å². The van der Waals surface area contributed by atoms with Gasteiger partial charge in [0.05, 0.1) is 5.69 Å². The first-order chi connectivity index (χ1) is 20.7. The minimum absolute atomic E-state index is 0.0532. The Kier molecular flexibility index (Phi) is 8.24. The molecule has 220 valence electrons. The number of nitrogens with zero attached hydrogens (tertiary/aromatic N) is 6. The molecule has 5 aromatic rings. The molecule has 0 spiro atoms. The Morgan fingerprint density at radius 1 is 1.12 bits per heavy atom. The van der Waals surface area contributed by atoms with Crippen LogP contribution in [0.5, 0.6) is 0 Å². The summed E-state index contributed by atoms with van der Waals surface area (Å²) in [5, 5.41) is 17.2. The monoisotopic (exact) mass is 639 g/mol. The lowest BCUT2D eigenvalue weighted by Crippen LogP contribution is -2.25. The van der Waals surface area contributed by atoms with E-state index in [0.717, 1.165) is 47.2 Å². The normalized spacial score (nSPS) is 14.5. The standard InChI is InChI=1S/C30H25ClF3N7S2/c1-2-41-16-23(22-13-19(7-10-24(22)41)28-36-21(17-42-28)15-40-11-3-4-12-40)27(30(32,33)34)38-39-29-37-26(25(14-35)43-29)18-5-8-20(31)9-6-18/h5-10,13,16-17H,2-4,11-12,15H2,1H3,(H,37,39)/b38-27-. The summed E-state index contributed by atoms with van der Waals surface area (Å²) in [5.41, 5.74) is 4.68. The highest BCUT2D eigenvalue weighted by molar-refractivity contribution is 7.16. The molecule has 2 aromatic carbocycles. The lowest BCUT2D eigenvalue weighted by molar-refractivity contribution is -0.0580. The van der Waals surface area contributed by atoms with Crippen LogP contribution in [-0.4, -0.2) is 44.4 Å². The van der Waals surface area contributed by atoms with E-state index >= 15 is 0 Å². The molecule has 0 radical (unpaired) electrons. The van der Waals surface area contributed by atoms with Crippen molar-refractivity contribution in [3.05, 3.63) is 75.2 Å². The van der Waals surface area contributed by atoms with Gasteiger partial charge in [-0.1, -0.05) is 35.1 Å². The average molecular weight is 640 g/mol. The molecule has 0 unspecified atom stereocenters. The third kappa shape index (κ3) is 6.17. The third-order valence-electron chi connectivity index (χ3n) is 7.24. The van der Waals surface area contributed by atoms with Crippen LogP contribution >= 0.6 is 34.3 Å². The number of aryl methyl sites for hydroxylation is 1. The molecular formula is C30H25ClF3N7S2. The first-order valence-electron chi connectivity index (χ1n) is 13.6. The van der Waals surface area contributed by atoms with Crippen LogP contribution in [0.15, 0.2) is 59.1 Å². The molecule has 0 amide bonds. The van der Waals surface area contributed by atoms with Gasteiger partial charge in [0, 0.05) is 57.3 Å². The van der Waals surface area contributed by atoms with E-state index < -0.39 is 11.9 Å². The van der Waals surface area contributed by atoms with Crippen molar-refractivity contribution in [2.45, 2.75) is 39.0 Å². The van der Waals surface area contributed by atoms with Crippen LogP contribution in [0.3, 0.4) is 0 Å². The number of hydrogen-bond acceptors (Lipinski definition) is 8. The summed E-state index contributed by atoms with van der Waals surface area (Å²) < 4.78 is 45.4. The number of aromatic nitrogens is 3. The molecule has 3 aromatic heterocycles. The highest BCUT2D eigenvalue weighted by Gasteiger charge is 2.39. The second-order valence-electron chi connectivity index (χ2n) is 10.1. The van der Waals surface area contributed by atoms with E-state index in [-0.39, 0.29) is 15.6 Å². The van der Waals surface area contributed by atoms with Gasteiger partial charge < -0.3 is 4.57 Å². The summed E-state index contributed by atoms with van der Waals surface area (Å²) in [6.45, 7) is 5.25. The second kappa shape index (κ2) is 12.1. The minimum Gasteiger partial charge on any atom is -0.347 e. The molecule has 1 fully saturated rings. The number of nitriles is 1. The van der Waals surface area contributed by atoms with Crippen LogP contribution in [0.1, 0.15) is 35.9 Å². The highest BCUT2D eigenvalue weighted by Crippen LogP contribution is 2.35. The molecule has 0 aliphatic carbocycles. The second-order valence-corrected chi connectivity index (χ2v) is 12.4. The zero-order valence-electron chi connectivity index (χ0n) is 23.0. The Bertz CT molecular complexity index is 1840. The first-order valence-corrected chi connectivity index (χ1v) is 15.7. The lowest BCUT2D eigenvalue weighted by Gasteiger charge is -2.11. The summed E-state index contributed by atoms with van der Waals surface area (Å²) in [6, 6.07) is 14.2. The topological polar surface area (TPSA) is 82.1 Å². The lowest BCUT2D eigenvalue weighted by atomic mass is 10.1. The van der Waals surface area contributed by atoms with Gasteiger partial charge in [0.1, 0.15) is 21.6 Å². The summed E-state index contributed by atoms with van der Waals surface area (Å²) in [7, 11) is 0. The van der Waals surface area contributed by atoms with E-state index in [0.29, 0.717) is 33.7 Å². The van der Waals surface area contributed by atoms with Gasteiger partial charge >= 0.3 is 6.18 Å². The predicted molar refractivity (Wildman–Crippen MR) is 167 cm³/mol. The fraction of sp³-hybridized carbons (Fsp3) is 0.267. The summed E-state index contributed by atoms with van der Waals surface area (Å²) >= 11 is 8.38. The number of halogens is 4. The van der Waals surface area contributed by atoms with Crippen molar-refractivity contribution >= 4 is 56.0 Å². The summed E-state index contributed by atoms with van der Waals surface area (Å²) in [6.07, 6.45) is -0.915. The molecule has 1 N–H and O–H groups in total. The maximum absolute atomic E-state index is 14.5. The zero-order chi connectivity index (χ0) is 30.1. The number of alkyl halides is 3. The van der Waals surface area contributed by atoms with Crippen LogP contribution < -0.4 is 5.43 Å². The maximum Gasteiger partial charge on any atom is 0.435 e. The van der Waals surface area contributed by atoms with Gasteiger partial charge in [-0.25, -0.2) is 9.97 Å². The van der Waals surface area contributed by atoms with Crippen LogP contribution in [0.25, 0.3) is 32.7 Å². The number of thiazole rings is 2. The van der Waals surface area contributed by atoms with Gasteiger partial charge in [0.25, 0.3) is 0 Å². The van der Waals surface area contributed by atoms with Crippen molar-refractivity contribution < 1.29 is 13.2 Å². The number of nitrogens with one attached hydrogen (secondary N) is 1. The molecule has 4 heterocycles. The number of anilines is 1. The highest BCUT2D eigenvalue weighted by atomic mass is 35.5. The van der Waals surface area contributed by atoms with Crippen molar-refractivity contribution in [2.75, 3.05) is 18.5 Å². The number of benzene rings is 2. The fourth-order valence-corrected chi connectivity index (χ4v) is 6.85. The first kappa shape index (κ1) is 29.3. The number of hydrazone groups is 1. The van der Waals surface area contributed by atoms with E-state index in [1.807, 2.05) is 24.4 Å². The van der Waals surface area contributed by atoms with E-state index in [4.69, 9.17) is 16.6 Å². The van der Waals surface area contributed by atoms with Gasteiger partial charge in [-0.15, -0.1) is 11.3 Å². The predicted octanol–water partition coefficient (Wildman–Crippen LogP) is 8.41. The summed E-state index contributed by atoms with van der Waals surface area (Å²) in [4.78, 5) is 11.8. The average Bonchev–Trinajstić information content (AvgIpc) is 3.80. The largest absolute Gasteiger partial charge is 0.435 e. The molecule has 1 aliphatic rings. The molecule has 7 nitrogen and oxygen atoms in total. The zero-order valence-corrected chi connectivity index (χ0v) is 25.3. The van der Waals surface area contributed by atoms with Crippen LogP contribution in [0.2, 0.25) is 5.02 Å². The molecule has 13 heteroatoms. The Morgan fingerprint density at radius 3 is 2.56 bits per heavy atom. The number of likely N-dealkylation sites (tertiary alicyclic amines) is 1. The number of hydrogen-bond donors (Lipinski definition) is 1. The van der Waals surface area contributed by atoms with Gasteiger partial charge in [-0.2, -0.15) is 23.5 Å². The van der Waals surface area contributed by atoms with Crippen LogP contribution in [0.4, 0.5) is 18.3 Å². The molecule has 1 saturated heterocycles. The smallest absolute Gasteiger partial charge is 0.347 e. The molecule has 1 aliphatic heterocycles. The Balaban J connectivity index is 1.36. The third-order valence-corrected chi connectivity index (χ3v) is 9.29. The maximum atomic E-state index is 14.5. The molecule has 6 rings (SSSR count). The Labute approximate surface area is 258 Å². The Hall–Kier alpha value is -3.76. The molecule has 0 saturated carbocycles. The van der Waals surface area contributed by atoms with Crippen molar-refractivity contribution in [3.8, 4) is 27.9 Å². The molecule has 0 atom stereocenters. The van der Waals surface area contributed by atoms with E-state index in [9.17, 15) is 18.4 Å². The molecular weight excluding hydrogens is 615 g/mol. The van der Waals surface area contributed by atoms with E-state index in [1.165, 1.54) is 30.4 Å².